The van der Waals surface area contributed by atoms with Gasteiger partial charge in [-0.05, 0) is 19.3 Å². The van der Waals surface area contributed by atoms with Crippen molar-refractivity contribution in [1.29, 1.82) is 0 Å². The number of hydrogen-bond acceptors (Lipinski definition) is 2. The van der Waals surface area contributed by atoms with Gasteiger partial charge >= 0.3 is 0 Å². The lowest BCUT2D eigenvalue weighted by molar-refractivity contribution is 0.136. The Morgan fingerprint density at radius 2 is 2.33 bits per heavy atom. The molecule has 0 aromatic heterocycles. The van der Waals surface area contributed by atoms with Crippen LogP contribution in [0.25, 0.3) is 0 Å². The van der Waals surface area contributed by atoms with E-state index in [-0.39, 0.29) is 6.10 Å². The molecule has 88 valence electrons. The van der Waals surface area contributed by atoms with Gasteiger partial charge in [-0.3, -0.25) is 4.99 Å². The number of aliphatic hydroxyl groups is 1. The predicted octanol–water partition coefficient (Wildman–Crippen LogP) is 0.852. The highest BCUT2D eigenvalue weighted by atomic mass is 16.3. The molecule has 1 fully saturated rings. The number of nitrogens with zero attached hydrogens (tertiary/aromatic N) is 1. The van der Waals surface area contributed by atoms with Crippen molar-refractivity contribution in [3.8, 4) is 0 Å². The molecule has 1 saturated carbocycles. The van der Waals surface area contributed by atoms with E-state index in [1.165, 1.54) is 0 Å². The van der Waals surface area contributed by atoms with Crippen molar-refractivity contribution in [3.05, 3.63) is 0 Å². The second kappa shape index (κ2) is 6.67. The maximum Gasteiger partial charge on any atom is 0.188 e. The largest absolute Gasteiger partial charge is 0.393 e. The summed E-state index contributed by atoms with van der Waals surface area (Å²) in [7, 11) is 0. The van der Waals surface area contributed by atoms with Crippen LogP contribution in [-0.4, -0.2) is 30.3 Å². The fourth-order valence-corrected chi connectivity index (χ4v) is 1.89. The number of unbranched alkanes of at least 4 members (excludes halogenated alkanes) is 1. The zero-order chi connectivity index (χ0) is 11.1. The minimum atomic E-state index is -0.169. The number of aliphatic imine (C=N–C) groups is 1. The van der Waals surface area contributed by atoms with Gasteiger partial charge in [0, 0.05) is 19.0 Å². The van der Waals surface area contributed by atoms with E-state index in [1.807, 2.05) is 0 Å². The molecule has 1 aliphatic rings. The fourth-order valence-electron chi connectivity index (χ4n) is 1.89. The maximum atomic E-state index is 9.59. The van der Waals surface area contributed by atoms with Crippen molar-refractivity contribution in [2.75, 3.05) is 13.1 Å². The molecule has 0 radical (unpaired) electrons. The van der Waals surface area contributed by atoms with Crippen LogP contribution < -0.4 is 11.1 Å². The monoisotopic (exact) mass is 213 g/mol. The Labute approximate surface area is 92.0 Å². The minimum Gasteiger partial charge on any atom is -0.393 e. The van der Waals surface area contributed by atoms with Crippen LogP contribution in [0.4, 0.5) is 0 Å². The van der Waals surface area contributed by atoms with Crippen LogP contribution in [0.15, 0.2) is 4.99 Å². The summed E-state index contributed by atoms with van der Waals surface area (Å²) in [4.78, 5) is 4.25. The molecule has 0 heterocycles. The number of nitrogens with two attached hydrogens (primary N) is 1. The maximum absolute atomic E-state index is 9.59. The van der Waals surface area contributed by atoms with Gasteiger partial charge in [0.15, 0.2) is 5.96 Å². The van der Waals surface area contributed by atoms with E-state index in [9.17, 15) is 5.11 Å². The second-order valence-corrected chi connectivity index (χ2v) is 4.26. The Bertz CT molecular complexity index is 206. The lowest BCUT2D eigenvalue weighted by Crippen LogP contribution is -2.33. The van der Waals surface area contributed by atoms with Gasteiger partial charge in [0.25, 0.3) is 0 Å². The SMILES string of the molecule is CCCCNC(N)=NCC1CCCC1O. The summed E-state index contributed by atoms with van der Waals surface area (Å²) in [6, 6.07) is 0. The van der Waals surface area contributed by atoms with Gasteiger partial charge in [0.2, 0.25) is 0 Å². The fraction of sp³-hybridized carbons (Fsp3) is 0.909. The molecule has 0 saturated heterocycles. The molecule has 0 aromatic carbocycles. The molecule has 2 unspecified atom stereocenters. The van der Waals surface area contributed by atoms with Crippen LogP contribution in [0.3, 0.4) is 0 Å². The van der Waals surface area contributed by atoms with Gasteiger partial charge in [-0.25, -0.2) is 0 Å². The summed E-state index contributed by atoms with van der Waals surface area (Å²) in [5.74, 6) is 0.832. The highest BCUT2D eigenvalue weighted by Crippen LogP contribution is 2.25. The summed E-state index contributed by atoms with van der Waals surface area (Å²) in [6.07, 6.45) is 5.21. The van der Waals surface area contributed by atoms with Crippen molar-refractivity contribution >= 4 is 5.96 Å². The van der Waals surface area contributed by atoms with Gasteiger partial charge < -0.3 is 16.2 Å². The van der Waals surface area contributed by atoms with E-state index in [4.69, 9.17) is 5.73 Å². The molecule has 4 heteroatoms. The molecular weight excluding hydrogens is 190 g/mol. The van der Waals surface area contributed by atoms with Crippen LogP contribution in [0.2, 0.25) is 0 Å². The van der Waals surface area contributed by atoms with Crippen LogP contribution >= 0.6 is 0 Å². The molecule has 0 aromatic rings. The summed E-state index contributed by atoms with van der Waals surface area (Å²) >= 11 is 0. The molecule has 4 N–H and O–H groups in total. The molecule has 15 heavy (non-hydrogen) atoms. The predicted molar refractivity (Wildman–Crippen MR) is 62.7 cm³/mol. The number of guanidine groups is 1. The Kier molecular flexibility index (Phi) is 5.47. The van der Waals surface area contributed by atoms with E-state index < -0.39 is 0 Å². The van der Waals surface area contributed by atoms with E-state index in [0.29, 0.717) is 18.4 Å². The number of hydrogen-bond donors (Lipinski definition) is 3. The summed E-state index contributed by atoms with van der Waals surface area (Å²) in [5.41, 5.74) is 5.70. The summed E-state index contributed by atoms with van der Waals surface area (Å²) < 4.78 is 0. The average Bonchev–Trinajstić information content (AvgIpc) is 2.61. The van der Waals surface area contributed by atoms with Crippen molar-refractivity contribution in [2.45, 2.75) is 45.1 Å². The lowest BCUT2D eigenvalue weighted by atomic mass is 10.1. The highest BCUT2D eigenvalue weighted by molar-refractivity contribution is 5.77. The lowest BCUT2D eigenvalue weighted by Gasteiger charge is -2.12. The van der Waals surface area contributed by atoms with Gasteiger partial charge in [0.1, 0.15) is 0 Å². The zero-order valence-electron chi connectivity index (χ0n) is 9.58. The third-order valence-electron chi connectivity index (χ3n) is 2.95. The molecule has 0 spiro atoms. The number of aliphatic hydroxyl groups excluding tert-OH is 1. The molecule has 4 nitrogen and oxygen atoms in total. The average molecular weight is 213 g/mol. The summed E-state index contributed by atoms with van der Waals surface area (Å²) in [5, 5.41) is 12.7. The van der Waals surface area contributed by atoms with Crippen LogP contribution in [0.1, 0.15) is 39.0 Å². The van der Waals surface area contributed by atoms with Gasteiger partial charge in [0.05, 0.1) is 6.10 Å². The molecule has 0 bridgehead atoms. The van der Waals surface area contributed by atoms with E-state index >= 15 is 0 Å². The Balaban J connectivity index is 2.18. The van der Waals surface area contributed by atoms with Crippen LogP contribution in [-0.2, 0) is 0 Å². The quantitative estimate of drug-likeness (QED) is 0.360. The van der Waals surface area contributed by atoms with Gasteiger partial charge in [-0.2, -0.15) is 0 Å². The number of rotatable bonds is 5. The molecule has 1 rings (SSSR count). The third kappa shape index (κ3) is 4.51. The smallest absolute Gasteiger partial charge is 0.188 e. The number of nitrogens with one attached hydrogen (secondary N) is 1. The zero-order valence-corrected chi connectivity index (χ0v) is 9.58. The van der Waals surface area contributed by atoms with Crippen molar-refractivity contribution in [2.24, 2.45) is 16.6 Å². The van der Waals surface area contributed by atoms with Crippen molar-refractivity contribution < 1.29 is 5.11 Å². The van der Waals surface area contributed by atoms with Crippen LogP contribution in [0, 0.1) is 5.92 Å². The first kappa shape index (κ1) is 12.3. The van der Waals surface area contributed by atoms with Gasteiger partial charge in [-0.15, -0.1) is 0 Å². The molecule has 0 amide bonds. The van der Waals surface area contributed by atoms with Gasteiger partial charge in [-0.1, -0.05) is 19.8 Å². The Hall–Kier alpha value is -0.770. The minimum absolute atomic E-state index is 0.169. The standard InChI is InChI=1S/C11H23N3O/c1-2-3-7-13-11(12)14-8-9-5-4-6-10(9)15/h9-10,15H,2-8H2,1H3,(H3,12,13,14). The molecular formula is C11H23N3O. The first-order valence-corrected chi connectivity index (χ1v) is 5.96. The third-order valence-corrected chi connectivity index (χ3v) is 2.95. The van der Waals surface area contributed by atoms with Crippen molar-refractivity contribution in [1.82, 2.24) is 5.32 Å². The first-order chi connectivity index (χ1) is 7.24. The highest BCUT2D eigenvalue weighted by Gasteiger charge is 2.24. The Morgan fingerprint density at radius 3 is 2.93 bits per heavy atom. The topological polar surface area (TPSA) is 70.6 Å². The van der Waals surface area contributed by atoms with E-state index in [2.05, 4.69) is 17.2 Å². The normalized spacial score (nSPS) is 26.9. The van der Waals surface area contributed by atoms with Crippen molar-refractivity contribution in [3.63, 3.8) is 0 Å². The van der Waals surface area contributed by atoms with Crippen LogP contribution in [0.5, 0.6) is 0 Å². The molecule has 2 atom stereocenters. The Morgan fingerprint density at radius 1 is 1.53 bits per heavy atom. The second-order valence-electron chi connectivity index (χ2n) is 4.26. The molecule has 1 aliphatic carbocycles. The van der Waals surface area contributed by atoms with E-state index in [0.717, 1.165) is 38.6 Å². The van der Waals surface area contributed by atoms with E-state index in [1.54, 1.807) is 0 Å². The molecule has 0 aliphatic heterocycles. The first-order valence-electron chi connectivity index (χ1n) is 5.96. The summed E-state index contributed by atoms with van der Waals surface area (Å²) in [6.45, 7) is 3.69.